The first-order valence-corrected chi connectivity index (χ1v) is 9.52. The molecular formula is C14H28N2O2S. The molecule has 1 aliphatic heterocycles. The van der Waals surface area contributed by atoms with Crippen LogP contribution in [-0.4, -0.2) is 56.0 Å². The maximum Gasteiger partial charge on any atom is 0.151 e. The molecule has 2 rings (SSSR count). The molecule has 0 aromatic heterocycles. The van der Waals surface area contributed by atoms with Crippen LogP contribution in [0.25, 0.3) is 0 Å². The maximum atomic E-state index is 11.7. The zero-order chi connectivity index (χ0) is 13.9. The molecule has 0 bridgehead atoms. The van der Waals surface area contributed by atoms with E-state index in [4.69, 9.17) is 0 Å². The van der Waals surface area contributed by atoms with Gasteiger partial charge < -0.3 is 5.32 Å². The number of sulfone groups is 1. The van der Waals surface area contributed by atoms with E-state index in [0.29, 0.717) is 18.3 Å². The first-order chi connectivity index (χ1) is 9.00. The van der Waals surface area contributed by atoms with Gasteiger partial charge in [-0.15, -0.1) is 0 Å². The Labute approximate surface area is 117 Å². The Morgan fingerprint density at radius 2 is 1.95 bits per heavy atom. The van der Waals surface area contributed by atoms with Crippen LogP contribution in [0.2, 0.25) is 0 Å². The Kier molecular flexibility index (Phi) is 4.90. The molecule has 1 atom stereocenters. The second kappa shape index (κ2) is 6.10. The molecule has 1 aliphatic carbocycles. The van der Waals surface area contributed by atoms with Gasteiger partial charge in [0.25, 0.3) is 0 Å². The van der Waals surface area contributed by atoms with E-state index in [9.17, 15) is 8.42 Å². The molecule has 4 nitrogen and oxygen atoms in total. The molecule has 1 unspecified atom stereocenters. The maximum absolute atomic E-state index is 11.7. The van der Waals surface area contributed by atoms with Gasteiger partial charge >= 0.3 is 0 Å². The Morgan fingerprint density at radius 3 is 2.53 bits per heavy atom. The van der Waals surface area contributed by atoms with Gasteiger partial charge in [0.15, 0.2) is 9.84 Å². The van der Waals surface area contributed by atoms with Gasteiger partial charge in [0.05, 0.1) is 5.75 Å². The van der Waals surface area contributed by atoms with Crippen molar-refractivity contribution in [1.29, 1.82) is 0 Å². The van der Waals surface area contributed by atoms with Crippen LogP contribution in [0.4, 0.5) is 0 Å². The number of piperazine rings is 1. The van der Waals surface area contributed by atoms with Crippen LogP contribution >= 0.6 is 0 Å². The summed E-state index contributed by atoms with van der Waals surface area (Å²) >= 11 is 0. The molecule has 5 heteroatoms. The lowest BCUT2D eigenvalue weighted by molar-refractivity contribution is 0.0841. The standard InChI is InChI=1S/C14H28N2O2S/c1-3-13-11-15-14(7-5-6-8-14)12-16(13)9-10-19(17,18)4-2/h13,15H,3-12H2,1-2H3. The van der Waals surface area contributed by atoms with Crippen molar-refractivity contribution in [3.63, 3.8) is 0 Å². The molecule has 0 aromatic rings. The molecule has 1 saturated heterocycles. The van der Waals surface area contributed by atoms with Crippen molar-refractivity contribution in [3.8, 4) is 0 Å². The van der Waals surface area contributed by atoms with Crippen molar-refractivity contribution in [2.75, 3.05) is 31.1 Å². The fourth-order valence-corrected chi connectivity index (χ4v) is 4.29. The van der Waals surface area contributed by atoms with E-state index >= 15 is 0 Å². The fraction of sp³-hybridized carbons (Fsp3) is 1.00. The molecule has 0 aromatic carbocycles. The summed E-state index contributed by atoms with van der Waals surface area (Å²) < 4.78 is 23.4. The normalized spacial score (nSPS) is 28.0. The van der Waals surface area contributed by atoms with Crippen molar-refractivity contribution in [2.45, 2.75) is 57.5 Å². The first-order valence-electron chi connectivity index (χ1n) is 7.70. The minimum absolute atomic E-state index is 0.265. The van der Waals surface area contributed by atoms with Crippen LogP contribution in [0, 0.1) is 0 Å². The van der Waals surface area contributed by atoms with Gasteiger partial charge in [-0.25, -0.2) is 8.42 Å². The first kappa shape index (κ1) is 15.3. The van der Waals surface area contributed by atoms with Crippen LogP contribution in [0.3, 0.4) is 0 Å². The Morgan fingerprint density at radius 1 is 1.26 bits per heavy atom. The Hall–Kier alpha value is -0.130. The van der Waals surface area contributed by atoms with Crippen LogP contribution in [0.15, 0.2) is 0 Å². The minimum Gasteiger partial charge on any atom is -0.308 e. The summed E-state index contributed by atoms with van der Waals surface area (Å²) in [5.41, 5.74) is 0.279. The third-order valence-corrected chi connectivity index (χ3v) is 6.58. The number of nitrogens with zero attached hydrogens (tertiary/aromatic N) is 1. The summed E-state index contributed by atoms with van der Waals surface area (Å²) in [7, 11) is -2.85. The molecule has 0 radical (unpaired) electrons. The van der Waals surface area contributed by atoms with E-state index in [0.717, 1.165) is 19.5 Å². The summed E-state index contributed by atoms with van der Waals surface area (Å²) in [4.78, 5) is 2.43. The van der Waals surface area contributed by atoms with E-state index in [1.54, 1.807) is 6.92 Å². The van der Waals surface area contributed by atoms with Crippen LogP contribution in [-0.2, 0) is 9.84 Å². The van der Waals surface area contributed by atoms with Crippen molar-refractivity contribution in [1.82, 2.24) is 10.2 Å². The topological polar surface area (TPSA) is 49.4 Å². The van der Waals surface area contributed by atoms with E-state index in [1.807, 2.05) is 0 Å². The molecule has 1 heterocycles. The zero-order valence-corrected chi connectivity index (χ0v) is 13.1. The lowest BCUT2D eigenvalue weighted by atomic mass is 9.92. The van der Waals surface area contributed by atoms with Gasteiger partial charge in [-0.3, -0.25) is 4.90 Å². The summed E-state index contributed by atoms with van der Waals surface area (Å²) in [6.45, 7) is 6.69. The average molecular weight is 288 g/mol. The second-order valence-electron chi connectivity index (χ2n) is 6.14. The lowest BCUT2D eigenvalue weighted by Gasteiger charge is -2.46. The largest absolute Gasteiger partial charge is 0.308 e. The van der Waals surface area contributed by atoms with Crippen molar-refractivity contribution >= 4 is 9.84 Å². The highest BCUT2D eigenvalue weighted by Crippen LogP contribution is 2.33. The number of nitrogens with one attached hydrogen (secondary N) is 1. The lowest BCUT2D eigenvalue weighted by Crippen LogP contribution is -2.63. The number of rotatable bonds is 5. The number of hydrogen-bond acceptors (Lipinski definition) is 4. The van der Waals surface area contributed by atoms with Crippen molar-refractivity contribution in [2.24, 2.45) is 0 Å². The van der Waals surface area contributed by atoms with Crippen molar-refractivity contribution in [3.05, 3.63) is 0 Å². The SMILES string of the molecule is CCC1CNC2(CCCC2)CN1CCS(=O)(=O)CC. The molecule has 112 valence electrons. The summed E-state index contributed by atoms with van der Waals surface area (Å²) in [5.74, 6) is 0.580. The third kappa shape index (κ3) is 3.70. The van der Waals surface area contributed by atoms with Gasteiger partial charge in [-0.1, -0.05) is 26.7 Å². The van der Waals surface area contributed by atoms with Gasteiger partial charge in [-0.05, 0) is 19.3 Å². The quantitative estimate of drug-likeness (QED) is 0.831. The molecule has 1 spiro atoms. The zero-order valence-electron chi connectivity index (χ0n) is 12.3. The highest BCUT2D eigenvalue weighted by Gasteiger charge is 2.40. The van der Waals surface area contributed by atoms with E-state index in [-0.39, 0.29) is 11.3 Å². The van der Waals surface area contributed by atoms with Gasteiger partial charge in [0.2, 0.25) is 0 Å². The predicted octanol–water partition coefficient (Wildman–Crippen LogP) is 1.42. The molecular weight excluding hydrogens is 260 g/mol. The van der Waals surface area contributed by atoms with Crippen LogP contribution in [0.1, 0.15) is 46.0 Å². The van der Waals surface area contributed by atoms with Crippen molar-refractivity contribution < 1.29 is 8.42 Å². The molecule has 2 aliphatic rings. The van der Waals surface area contributed by atoms with Crippen LogP contribution < -0.4 is 5.32 Å². The molecule has 19 heavy (non-hydrogen) atoms. The summed E-state index contributed by atoms with van der Waals surface area (Å²) in [6, 6.07) is 0.498. The molecule has 1 N–H and O–H groups in total. The van der Waals surface area contributed by atoms with E-state index < -0.39 is 9.84 Å². The van der Waals surface area contributed by atoms with Crippen LogP contribution in [0.5, 0.6) is 0 Å². The molecule has 2 fully saturated rings. The monoisotopic (exact) mass is 288 g/mol. The molecule has 1 saturated carbocycles. The second-order valence-corrected chi connectivity index (χ2v) is 8.61. The third-order valence-electron chi connectivity index (χ3n) is 4.90. The van der Waals surface area contributed by atoms with Gasteiger partial charge in [-0.2, -0.15) is 0 Å². The highest BCUT2D eigenvalue weighted by atomic mass is 32.2. The Bertz CT molecular complexity index is 388. The number of hydrogen-bond donors (Lipinski definition) is 1. The minimum atomic E-state index is -2.85. The predicted molar refractivity (Wildman–Crippen MR) is 79.2 cm³/mol. The van der Waals surface area contributed by atoms with E-state index in [2.05, 4.69) is 17.1 Å². The fourth-order valence-electron chi connectivity index (χ4n) is 3.49. The summed E-state index contributed by atoms with van der Waals surface area (Å²) in [5, 5.41) is 3.75. The van der Waals surface area contributed by atoms with Gasteiger partial charge in [0.1, 0.15) is 0 Å². The smallest absolute Gasteiger partial charge is 0.151 e. The highest BCUT2D eigenvalue weighted by molar-refractivity contribution is 7.91. The summed E-state index contributed by atoms with van der Waals surface area (Å²) in [6.07, 6.45) is 6.21. The van der Waals surface area contributed by atoms with E-state index in [1.165, 1.54) is 25.7 Å². The average Bonchev–Trinajstić information content (AvgIpc) is 2.85. The Balaban J connectivity index is 1.98. The molecule has 0 amide bonds. The van der Waals surface area contributed by atoms with Gasteiger partial charge in [0, 0.05) is 37.0 Å².